The zero-order valence-electron chi connectivity index (χ0n) is 20.2. The van der Waals surface area contributed by atoms with Gasteiger partial charge in [-0.05, 0) is 98.7 Å². The van der Waals surface area contributed by atoms with E-state index in [0.717, 1.165) is 47.3 Å². The fourth-order valence-electron chi connectivity index (χ4n) is 7.09. The van der Waals surface area contributed by atoms with Crippen molar-refractivity contribution in [1.82, 2.24) is 0 Å². The van der Waals surface area contributed by atoms with Gasteiger partial charge in [-0.25, -0.2) is 0 Å². The molecule has 2 N–H and O–H groups in total. The van der Waals surface area contributed by atoms with Crippen LogP contribution in [-0.4, -0.2) is 5.48 Å². The Labute approximate surface area is 206 Å². The van der Waals surface area contributed by atoms with E-state index < -0.39 is 0 Å². The first-order valence-electron chi connectivity index (χ1n) is 12.6. The van der Waals surface area contributed by atoms with Gasteiger partial charge in [-0.2, -0.15) is 0 Å². The Balaban J connectivity index is -0.00000118. The van der Waals surface area contributed by atoms with Gasteiger partial charge in [-0.3, -0.25) is 0 Å². The van der Waals surface area contributed by atoms with Crippen LogP contribution in [0, 0.1) is 47.3 Å². The zero-order valence-corrected chi connectivity index (χ0v) is 23.0. The predicted octanol–water partition coefficient (Wildman–Crippen LogP) is 8.41. The Kier molecular flexibility index (Phi) is 15.5. The summed E-state index contributed by atoms with van der Waals surface area (Å²) < 4.78 is 0. The fraction of sp³-hybridized carbons (Fsp3) is 1.00. The van der Waals surface area contributed by atoms with Gasteiger partial charge in [-0.15, -0.1) is 0 Å². The van der Waals surface area contributed by atoms with Crippen molar-refractivity contribution in [3.63, 3.8) is 0 Å². The summed E-state index contributed by atoms with van der Waals surface area (Å²) in [6.45, 7) is 14.0. The second-order valence-electron chi connectivity index (χ2n) is 10.3. The van der Waals surface area contributed by atoms with Crippen LogP contribution < -0.4 is 0 Å². The predicted molar refractivity (Wildman–Crippen MR) is 125 cm³/mol. The largest absolute Gasteiger partial charge is 0.412 e. The molecule has 0 heterocycles. The minimum atomic E-state index is 0. The maximum atomic E-state index is 2.57. The van der Waals surface area contributed by atoms with E-state index in [9.17, 15) is 0 Å². The van der Waals surface area contributed by atoms with Gasteiger partial charge in [0.25, 0.3) is 0 Å². The second-order valence-corrected chi connectivity index (χ2v) is 10.3. The van der Waals surface area contributed by atoms with Crippen LogP contribution in [0.3, 0.4) is 0 Å². The van der Waals surface area contributed by atoms with E-state index in [2.05, 4.69) is 27.7 Å². The topological polar surface area (TPSA) is 31.5 Å². The first kappa shape index (κ1) is 29.1. The van der Waals surface area contributed by atoms with E-state index in [1.54, 1.807) is 51.4 Å². The standard InChI is InChI=1S/C24H44.C2H6.H2O.Y.2H2/c1-5-6-24-18(3)15-23(16-19(24)4)22-13-11-21(12-14-22)20-9-7-17(2)8-10-20;1-2;;;;/h17-24H,5-16H2,1-4H3;1-2H3;1H2;;2*1H. The van der Waals surface area contributed by atoms with Crippen LogP contribution >= 0.6 is 0 Å². The average molecular weight is 474 g/mol. The number of hydrogen-bond donors (Lipinski definition) is 0. The van der Waals surface area contributed by atoms with Crippen LogP contribution in [-0.2, 0) is 32.7 Å². The smallest absolute Gasteiger partial charge is 0 e. The summed E-state index contributed by atoms with van der Waals surface area (Å²) in [5.41, 5.74) is 0. The van der Waals surface area contributed by atoms with Gasteiger partial charge in [-0.1, -0.05) is 67.2 Å². The summed E-state index contributed by atoms with van der Waals surface area (Å²) in [5, 5.41) is 0. The molecule has 2 unspecified atom stereocenters. The first-order valence-corrected chi connectivity index (χ1v) is 12.6. The van der Waals surface area contributed by atoms with Gasteiger partial charge in [0.1, 0.15) is 0 Å². The molecule has 2 atom stereocenters. The summed E-state index contributed by atoms with van der Waals surface area (Å²) in [6, 6.07) is 0. The molecule has 3 rings (SSSR count). The van der Waals surface area contributed by atoms with Crippen molar-refractivity contribution >= 4 is 0 Å². The van der Waals surface area contributed by atoms with Gasteiger partial charge in [0, 0.05) is 35.6 Å². The van der Waals surface area contributed by atoms with E-state index in [4.69, 9.17) is 0 Å². The SMILES string of the molecule is CC.CCCC1C(C)CC(C2CCC(C3CCC(C)CC3)CC2)CC1C.O.[HH].[HH].[Y]. The fourth-order valence-corrected chi connectivity index (χ4v) is 7.09. The maximum absolute atomic E-state index is 2.57. The molecule has 3 fully saturated rings. The summed E-state index contributed by atoms with van der Waals surface area (Å²) >= 11 is 0. The zero-order chi connectivity index (χ0) is 19.1. The summed E-state index contributed by atoms with van der Waals surface area (Å²) in [4.78, 5) is 0. The first-order chi connectivity index (χ1) is 12.6. The molecule has 0 aliphatic heterocycles. The third-order valence-electron chi connectivity index (χ3n) is 8.64. The van der Waals surface area contributed by atoms with Crippen molar-refractivity contribution in [2.75, 3.05) is 0 Å². The van der Waals surface area contributed by atoms with E-state index >= 15 is 0 Å². The monoisotopic (exact) mass is 473 g/mol. The molecular formula is C26H56OY. The Morgan fingerprint density at radius 1 is 0.643 bits per heavy atom. The van der Waals surface area contributed by atoms with Crippen molar-refractivity contribution in [2.24, 2.45) is 47.3 Å². The molecule has 1 nitrogen and oxygen atoms in total. The molecular weight excluding hydrogens is 417 g/mol. The van der Waals surface area contributed by atoms with Crippen LogP contribution in [0.5, 0.6) is 0 Å². The van der Waals surface area contributed by atoms with E-state index in [-0.39, 0.29) is 41.0 Å². The van der Waals surface area contributed by atoms with Crippen LogP contribution in [0.15, 0.2) is 0 Å². The van der Waals surface area contributed by atoms with E-state index in [0.29, 0.717) is 0 Å². The third-order valence-corrected chi connectivity index (χ3v) is 8.64. The quantitative estimate of drug-likeness (QED) is 0.392. The molecule has 0 aromatic heterocycles. The molecule has 2 heteroatoms. The second kappa shape index (κ2) is 15.0. The summed E-state index contributed by atoms with van der Waals surface area (Å²) in [7, 11) is 0. The number of hydrogen-bond acceptors (Lipinski definition) is 0. The van der Waals surface area contributed by atoms with E-state index in [1.165, 1.54) is 25.7 Å². The molecule has 0 aromatic carbocycles. The van der Waals surface area contributed by atoms with Gasteiger partial charge >= 0.3 is 0 Å². The Morgan fingerprint density at radius 3 is 1.39 bits per heavy atom. The molecule has 1 radical (unpaired) electrons. The molecule has 0 saturated heterocycles. The minimum absolute atomic E-state index is 0. The summed E-state index contributed by atoms with van der Waals surface area (Å²) in [6.07, 6.45) is 18.4. The molecule has 0 amide bonds. The van der Waals surface area contributed by atoms with Crippen molar-refractivity contribution in [2.45, 2.75) is 119 Å². The van der Waals surface area contributed by atoms with Crippen LogP contribution in [0.2, 0.25) is 0 Å². The molecule has 169 valence electrons. The van der Waals surface area contributed by atoms with Crippen molar-refractivity contribution in [3.8, 4) is 0 Å². The van der Waals surface area contributed by atoms with E-state index in [1.807, 2.05) is 13.8 Å². The number of rotatable bonds is 4. The molecule has 0 bridgehead atoms. The average Bonchev–Trinajstić information content (AvgIpc) is 2.67. The van der Waals surface area contributed by atoms with Gasteiger partial charge in [0.15, 0.2) is 0 Å². The van der Waals surface area contributed by atoms with Crippen LogP contribution in [0.1, 0.15) is 121 Å². The van der Waals surface area contributed by atoms with Crippen LogP contribution in [0.25, 0.3) is 0 Å². The summed E-state index contributed by atoms with van der Waals surface area (Å²) in [5.74, 6) is 8.34. The van der Waals surface area contributed by atoms with Crippen LogP contribution in [0.4, 0.5) is 0 Å². The molecule has 3 saturated carbocycles. The van der Waals surface area contributed by atoms with Gasteiger partial charge in [0.05, 0.1) is 0 Å². The van der Waals surface area contributed by atoms with Crippen molar-refractivity contribution < 1.29 is 41.0 Å². The van der Waals surface area contributed by atoms with Crippen molar-refractivity contribution in [3.05, 3.63) is 0 Å². The maximum Gasteiger partial charge on any atom is 0 e. The van der Waals surface area contributed by atoms with Crippen molar-refractivity contribution in [1.29, 1.82) is 0 Å². The Hall–Kier alpha value is 1.06. The van der Waals surface area contributed by atoms with Gasteiger partial charge < -0.3 is 5.48 Å². The molecule has 3 aliphatic rings. The molecule has 0 aromatic rings. The normalized spacial score (nSPS) is 40.9. The van der Waals surface area contributed by atoms with Gasteiger partial charge in [0.2, 0.25) is 0 Å². The Bertz CT molecular complexity index is 367. The Morgan fingerprint density at radius 2 is 1.00 bits per heavy atom. The minimum Gasteiger partial charge on any atom is -0.412 e. The molecule has 0 spiro atoms. The molecule has 28 heavy (non-hydrogen) atoms. The molecule has 3 aliphatic carbocycles. The third kappa shape index (κ3) is 7.96.